The zero-order valence-electron chi connectivity index (χ0n) is 10.8. The lowest BCUT2D eigenvalue weighted by Crippen LogP contribution is -2.28. The Hall–Kier alpha value is -1.88. The normalized spacial score (nSPS) is 12.6. The molecule has 2 N–H and O–H groups in total. The van der Waals surface area contributed by atoms with Crippen LogP contribution in [0.1, 0.15) is 12.8 Å². The first-order chi connectivity index (χ1) is 8.60. The van der Waals surface area contributed by atoms with E-state index in [1.165, 1.54) is 0 Å². The lowest BCUT2D eigenvalue weighted by Gasteiger charge is -2.11. The zero-order chi connectivity index (χ0) is 13.1. The summed E-state index contributed by atoms with van der Waals surface area (Å²) in [4.78, 5) is 16.1. The molecule has 1 aromatic carbocycles. The van der Waals surface area contributed by atoms with Gasteiger partial charge in [0.25, 0.3) is 0 Å². The highest BCUT2D eigenvalue weighted by atomic mass is 16.3. The van der Waals surface area contributed by atoms with Crippen LogP contribution < -0.4 is 10.6 Å². The van der Waals surface area contributed by atoms with Gasteiger partial charge in [-0.1, -0.05) is 6.92 Å². The Morgan fingerprint density at radius 2 is 2.28 bits per heavy atom. The van der Waals surface area contributed by atoms with Crippen LogP contribution in [0.4, 0.5) is 5.69 Å². The summed E-state index contributed by atoms with van der Waals surface area (Å²) < 4.78 is 5.42. The fourth-order valence-electron chi connectivity index (χ4n) is 1.78. The predicted octanol–water partition coefficient (Wildman–Crippen LogP) is 1.93. The van der Waals surface area contributed by atoms with Gasteiger partial charge in [-0.25, -0.2) is 4.98 Å². The van der Waals surface area contributed by atoms with Crippen LogP contribution in [0.25, 0.3) is 11.1 Å². The third-order valence-electron chi connectivity index (χ3n) is 2.72. The molecular formula is C13H17N3O2. The van der Waals surface area contributed by atoms with Crippen LogP contribution in [0.15, 0.2) is 22.6 Å². The smallest absolute Gasteiger partial charge is 0.228 e. The molecule has 0 radical (unpaired) electrons. The van der Waals surface area contributed by atoms with Crippen molar-refractivity contribution in [3.8, 4) is 0 Å². The molecule has 2 aromatic rings. The van der Waals surface area contributed by atoms with E-state index < -0.39 is 0 Å². The van der Waals surface area contributed by atoms with Crippen LogP contribution >= 0.6 is 0 Å². The summed E-state index contributed by atoms with van der Waals surface area (Å²) in [5.41, 5.74) is 2.21. The summed E-state index contributed by atoms with van der Waals surface area (Å²) in [6, 6.07) is 5.46. The van der Waals surface area contributed by atoms with Gasteiger partial charge in [-0.2, -0.15) is 0 Å². The molecule has 0 aliphatic carbocycles. The van der Waals surface area contributed by atoms with Crippen LogP contribution in [-0.4, -0.2) is 24.5 Å². The molecule has 0 aliphatic heterocycles. The number of carbonyl (C=O) groups excluding carboxylic acids is 1. The molecule has 18 heavy (non-hydrogen) atoms. The highest BCUT2D eigenvalue weighted by Crippen LogP contribution is 2.20. The number of rotatable bonds is 4. The molecule has 1 heterocycles. The lowest BCUT2D eigenvalue weighted by molar-refractivity contribution is -0.119. The maximum atomic E-state index is 11.8. The fraction of sp³-hybridized carbons (Fsp3) is 0.385. The van der Waals surface area contributed by atoms with Gasteiger partial charge in [-0.3, -0.25) is 4.79 Å². The van der Waals surface area contributed by atoms with Crippen molar-refractivity contribution in [1.82, 2.24) is 10.3 Å². The average molecular weight is 247 g/mol. The number of hydrogen-bond donors (Lipinski definition) is 2. The molecule has 1 atom stereocenters. The molecule has 2 rings (SSSR count). The van der Waals surface area contributed by atoms with Gasteiger partial charge in [-0.15, -0.1) is 0 Å². The molecular weight excluding hydrogens is 230 g/mol. The standard InChI is InChI=1S/C13H17N3O2/c1-8(7-14-3)13(17)16-10-4-5-11-12(6-10)18-9(2)15-11/h4-6,8,14H,7H2,1-3H3,(H,16,17). The zero-order valence-corrected chi connectivity index (χ0v) is 10.8. The minimum absolute atomic E-state index is 0.0139. The molecule has 0 aliphatic rings. The first-order valence-electron chi connectivity index (χ1n) is 5.93. The second-order valence-corrected chi connectivity index (χ2v) is 4.36. The van der Waals surface area contributed by atoms with Crippen LogP contribution in [0, 0.1) is 12.8 Å². The number of carbonyl (C=O) groups is 1. The van der Waals surface area contributed by atoms with Crippen molar-refractivity contribution < 1.29 is 9.21 Å². The van der Waals surface area contributed by atoms with E-state index in [9.17, 15) is 4.79 Å². The molecule has 1 unspecified atom stereocenters. The van der Waals surface area contributed by atoms with Crippen LogP contribution in [0.5, 0.6) is 0 Å². The van der Waals surface area contributed by atoms with Gasteiger partial charge in [0.05, 0.1) is 0 Å². The van der Waals surface area contributed by atoms with Crippen molar-refractivity contribution in [3.63, 3.8) is 0 Å². The molecule has 5 heteroatoms. The predicted molar refractivity (Wildman–Crippen MR) is 70.5 cm³/mol. The number of amides is 1. The summed E-state index contributed by atoms with van der Waals surface area (Å²) >= 11 is 0. The van der Waals surface area contributed by atoms with Gasteiger partial charge in [0.2, 0.25) is 5.91 Å². The van der Waals surface area contributed by atoms with Gasteiger partial charge in [-0.05, 0) is 19.2 Å². The Labute approximate surface area is 106 Å². The molecule has 0 fully saturated rings. The van der Waals surface area contributed by atoms with E-state index >= 15 is 0 Å². The fourth-order valence-corrected chi connectivity index (χ4v) is 1.78. The van der Waals surface area contributed by atoms with E-state index in [0.29, 0.717) is 18.0 Å². The number of oxazole rings is 1. The molecule has 0 saturated carbocycles. The van der Waals surface area contributed by atoms with Crippen molar-refractivity contribution in [2.45, 2.75) is 13.8 Å². The summed E-state index contributed by atoms with van der Waals surface area (Å²) in [6.07, 6.45) is 0. The number of aryl methyl sites for hydroxylation is 1. The quantitative estimate of drug-likeness (QED) is 0.866. The maximum absolute atomic E-state index is 11.8. The minimum atomic E-state index is -0.0813. The number of hydrogen-bond acceptors (Lipinski definition) is 4. The monoisotopic (exact) mass is 247 g/mol. The van der Waals surface area contributed by atoms with Crippen LogP contribution in [0.3, 0.4) is 0 Å². The molecule has 1 amide bonds. The van der Waals surface area contributed by atoms with Crippen LogP contribution in [-0.2, 0) is 4.79 Å². The number of anilines is 1. The van der Waals surface area contributed by atoms with Crippen molar-refractivity contribution in [1.29, 1.82) is 0 Å². The van der Waals surface area contributed by atoms with Crippen molar-refractivity contribution in [2.75, 3.05) is 18.9 Å². The summed E-state index contributed by atoms with van der Waals surface area (Å²) in [7, 11) is 1.83. The van der Waals surface area contributed by atoms with Crippen molar-refractivity contribution in [2.24, 2.45) is 5.92 Å². The Morgan fingerprint density at radius 3 is 3.00 bits per heavy atom. The van der Waals surface area contributed by atoms with Gasteiger partial charge < -0.3 is 15.1 Å². The Kier molecular flexibility index (Phi) is 3.62. The third-order valence-corrected chi connectivity index (χ3v) is 2.72. The molecule has 0 bridgehead atoms. The van der Waals surface area contributed by atoms with E-state index in [4.69, 9.17) is 4.42 Å². The molecule has 1 aromatic heterocycles. The largest absolute Gasteiger partial charge is 0.441 e. The van der Waals surface area contributed by atoms with Gasteiger partial charge in [0.1, 0.15) is 5.52 Å². The average Bonchev–Trinajstić information content (AvgIpc) is 2.68. The van der Waals surface area contributed by atoms with Gasteiger partial charge >= 0.3 is 0 Å². The van der Waals surface area contributed by atoms with E-state index in [-0.39, 0.29) is 11.8 Å². The van der Waals surface area contributed by atoms with E-state index in [1.54, 1.807) is 13.0 Å². The Morgan fingerprint density at radius 1 is 1.50 bits per heavy atom. The number of nitrogens with zero attached hydrogens (tertiary/aromatic N) is 1. The first-order valence-corrected chi connectivity index (χ1v) is 5.93. The minimum Gasteiger partial charge on any atom is -0.441 e. The topological polar surface area (TPSA) is 67.2 Å². The van der Waals surface area contributed by atoms with Gasteiger partial charge in [0, 0.05) is 31.1 Å². The molecule has 0 spiro atoms. The van der Waals surface area contributed by atoms with Gasteiger partial charge in [0.15, 0.2) is 11.5 Å². The van der Waals surface area contributed by atoms with Crippen molar-refractivity contribution >= 4 is 22.7 Å². The summed E-state index contributed by atoms with van der Waals surface area (Å²) in [5, 5.41) is 5.84. The second-order valence-electron chi connectivity index (χ2n) is 4.36. The first kappa shape index (κ1) is 12.6. The van der Waals surface area contributed by atoms with E-state index in [0.717, 1.165) is 11.2 Å². The summed E-state index contributed by atoms with van der Waals surface area (Å²) in [5.74, 6) is 0.527. The number of aromatic nitrogens is 1. The van der Waals surface area contributed by atoms with E-state index in [2.05, 4.69) is 15.6 Å². The third kappa shape index (κ3) is 2.68. The highest BCUT2D eigenvalue weighted by molar-refractivity contribution is 5.94. The molecule has 0 saturated heterocycles. The maximum Gasteiger partial charge on any atom is 0.228 e. The van der Waals surface area contributed by atoms with Crippen molar-refractivity contribution in [3.05, 3.63) is 24.1 Å². The number of nitrogens with one attached hydrogen (secondary N) is 2. The summed E-state index contributed by atoms with van der Waals surface area (Å²) in [6.45, 7) is 4.33. The molecule has 96 valence electrons. The Bertz CT molecular complexity index is 562. The van der Waals surface area contributed by atoms with Crippen LogP contribution in [0.2, 0.25) is 0 Å². The highest BCUT2D eigenvalue weighted by Gasteiger charge is 2.12. The Balaban J connectivity index is 2.14. The second kappa shape index (κ2) is 5.18. The molecule has 5 nitrogen and oxygen atoms in total. The SMILES string of the molecule is CNCC(C)C(=O)Nc1ccc2nc(C)oc2c1. The number of fused-ring (bicyclic) bond motifs is 1. The number of benzene rings is 1. The van der Waals surface area contributed by atoms with E-state index in [1.807, 2.05) is 26.1 Å². The lowest BCUT2D eigenvalue weighted by atomic mass is 10.1.